The van der Waals surface area contributed by atoms with Crippen LogP contribution in [0.5, 0.6) is 5.75 Å². The van der Waals surface area contributed by atoms with Gasteiger partial charge >= 0.3 is 5.97 Å². The lowest BCUT2D eigenvalue weighted by Crippen LogP contribution is -2.19. The number of ether oxygens (including phenoxy) is 1. The zero-order chi connectivity index (χ0) is 21.5. The molecule has 1 amide bonds. The van der Waals surface area contributed by atoms with Crippen LogP contribution in [0.4, 0.5) is 0 Å². The predicted octanol–water partition coefficient (Wildman–Crippen LogP) is 3.59. The molecule has 6 nitrogen and oxygen atoms in total. The maximum Gasteiger partial charge on any atom is 0.307 e. The average molecular weight is 408 g/mol. The Morgan fingerprint density at radius 2 is 1.80 bits per heavy atom. The van der Waals surface area contributed by atoms with Crippen LogP contribution in [0.15, 0.2) is 48.5 Å². The SMILES string of the molecule is CNC(=O)Cc1ccc(OC)cc1.O=C(O)Cc1c2n(c3ccccc13)CCCC2. The number of rotatable bonds is 5. The lowest BCUT2D eigenvalue weighted by molar-refractivity contribution is -0.136. The summed E-state index contributed by atoms with van der Waals surface area (Å²) in [6, 6.07) is 15.6. The van der Waals surface area contributed by atoms with Crippen LogP contribution in [0.2, 0.25) is 0 Å². The summed E-state index contributed by atoms with van der Waals surface area (Å²) in [5, 5.41) is 12.7. The van der Waals surface area contributed by atoms with Gasteiger partial charge in [-0.1, -0.05) is 30.3 Å². The van der Waals surface area contributed by atoms with E-state index in [0.29, 0.717) is 6.42 Å². The molecule has 3 aromatic rings. The molecule has 0 unspecified atom stereocenters. The molecule has 0 bridgehead atoms. The van der Waals surface area contributed by atoms with Crippen LogP contribution in [0.1, 0.15) is 29.7 Å². The van der Waals surface area contributed by atoms with E-state index in [4.69, 9.17) is 9.84 Å². The van der Waals surface area contributed by atoms with Crippen LogP contribution < -0.4 is 10.1 Å². The van der Waals surface area contributed by atoms with Crippen molar-refractivity contribution in [3.63, 3.8) is 0 Å². The van der Waals surface area contributed by atoms with Crippen molar-refractivity contribution in [2.24, 2.45) is 0 Å². The van der Waals surface area contributed by atoms with E-state index in [0.717, 1.165) is 35.2 Å². The molecule has 2 aromatic carbocycles. The van der Waals surface area contributed by atoms with Crippen LogP contribution >= 0.6 is 0 Å². The van der Waals surface area contributed by atoms with Gasteiger partial charge in [-0.3, -0.25) is 9.59 Å². The summed E-state index contributed by atoms with van der Waals surface area (Å²) < 4.78 is 7.30. The first-order valence-electron chi connectivity index (χ1n) is 10.2. The number of nitrogens with one attached hydrogen (secondary N) is 1. The fourth-order valence-electron chi connectivity index (χ4n) is 3.90. The number of aryl methyl sites for hydroxylation is 1. The number of fused-ring (bicyclic) bond motifs is 3. The molecule has 0 aliphatic carbocycles. The number of carbonyl (C=O) groups is 2. The summed E-state index contributed by atoms with van der Waals surface area (Å²) in [5.74, 6) is 0.0838. The van der Waals surface area contributed by atoms with Gasteiger partial charge in [-0.05, 0) is 48.6 Å². The Hall–Kier alpha value is -3.28. The topological polar surface area (TPSA) is 80.6 Å². The smallest absolute Gasteiger partial charge is 0.307 e. The maximum absolute atomic E-state index is 11.0. The number of methoxy groups -OCH3 is 1. The van der Waals surface area contributed by atoms with Gasteiger partial charge in [0.25, 0.3) is 0 Å². The maximum atomic E-state index is 11.0. The second-order valence-electron chi connectivity index (χ2n) is 7.32. The van der Waals surface area contributed by atoms with E-state index in [-0.39, 0.29) is 12.3 Å². The van der Waals surface area contributed by atoms with Crippen LogP contribution in [0, 0.1) is 0 Å². The minimum atomic E-state index is -0.741. The van der Waals surface area contributed by atoms with Crippen molar-refractivity contribution in [2.45, 2.75) is 38.6 Å². The molecule has 2 heterocycles. The average Bonchev–Trinajstić information content (AvgIpc) is 3.08. The predicted molar refractivity (Wildman–Crippen MR) is 117 cm³/mol. The fourth-order valence-corrected chi connectivity index (χ4v) is 3.90. The summed E-state index contributed by atoms with van der Waals surface area (Å²) in [6.07, 6.45) is 3.93. The van der Waals surface area contributed by atoms with Gasteiger partial charge in [-0.25, -0.2) is 0 Å². The first-order valence-corrected chi connectivity index (χ1v) is 10.2. The minimum absolute atomic E-state index is 0.0187. The third-order valence-electron chi connectivity index (χ3n) is 5.37. The van der Waals surface area contributed by atoms with E-state index in [2.05, 4.69) is 16.0 Å². The monoisotopic (exact) mass is 408 g/mol. The van der Waals surface area contributed by atoms with Crippen molar-refractivity contribution in [1.82, 2.24) is 9.88 Å². The van der Waals surface area contributed by atoms with Gasteiger partial charge in [0, 0.05) is 30.2 Å². The van der Waals surface area contributed by atoms with Gasteiger partial charge in [-0.2, -0.15) is 0 Å². The molecule has 4 rings (SSSR count). The lowest BCUT2D eigenvalue weighted by atomic mass is 10.0. The van der Waals surface area contributed by atoms with E-state index in [9.17, 15) is 9.59 Å². The minimum Gasteiger partial charge on any atom is -0.497 e. The number of hydrogen-bond donors (Lipinski definition) is 2. The highest BCUT2D eigenvalue weighted by molar-refractivity contribution is 5.89. The van der Waals surface area contributed by atoms with Crippen molar-refractivity contribution in [1.29, 1.82) is 0 Å². The molecule has 2 N–H and O–H groups in total. The quantitative estimate of drug-likeness (QED) is 0.676. The van der Waals surface area contributed by atoms with Gasteiger partial charge < -0.3 is 19.7 Å². The van der Waals surface area contributed by atoms with Crippen LogP contribution in [0.25, 0.3) is 10.9 Å². The highest BCUT2D eigenvalue weighted by atomic mass is 16.5. The molecule has 30 heavy (non-hydrogen) atoms. The highest BCUT2D eigenvalue weighted by Crippen LogP contribution is 2.30. The number of amides is 1. The van der Waals surface area contributed by atoms with E-state index in [1.165, 1.54) is 24.1 Å². The first kappa shape index (κ1) is 21.4. The molecule has 1 aliphatic heterocycles. The molecule has 1 aliphatic rings. The molecular weight excluding hydrogens is 380 g/mol. The van der Waals surface area contributed by atoms with E-state index >= 15 is 0 Å². The van der Waals surface area contributed by atoms with Crippen LogP contribution in [-0.2, 0) is 35.4 Å². The third kappa shape index (κ3) is 5.00. The van der Waals surface area contributed by atoms with E-state index in [1.807, 2.05) is 42.5 Å². The number of hydrogen-bond acceptors (Lipinski definition) is 3. The Bertz CT molecular complexity index is 1020. The molecule has 158 valence electrons. The van der Waals surface area contributed by atoms with Gasteiger partial charge in [0.2, 0.25) is 5.91 Å². The van der Waals surface area contributed by atoms with E-state index < -0.39 is 5.97 Å². The van der Waals surface area contributed by atoms with Crippen molar-refractivity contribution < 1.29 is 19.4 Å². The van der Waals surface area contributed by atoms with Crippen molar-refractivity contribution >= 4 is 22.8 Å². The number of carbonyl (C=O) groups excluding carboxylic acids is 1. The zero-order valence-corrected chi connectivity index (χ0v) is 17.5. The second kappa shape index (κ2) is 9.96. The largest absolute Gasteiger partial charge is 0.497 e. The van der Waals surface area contributed by atoms with Crippen molar-refractivity contribution in [3.8, 4) is 5.75 Å². The molecule has 0 radical (unpaired) electrons. The standard InChI is InChI=1S/C14H15NO2.C10H13NO2/c16-14(17)9-11-10-5-1-2-6-12(10)15-8-4-3-7-13(11)15;1-11-10(12)7-8-3-5-9(13-2)6-4-8/h1-2,5-6H,3-4,7-9H2,(H,16,17);3-6H,7H2,1-2H3,(H,11,12). The number of aromatic nitrogens is 1. The first-order chi connectivity index (χ1) is 14.5. The van der Waals surface area contributed by atoms with Crippen molar-refractivity contribution in [2.75, 3.05) is 14.2 Å². The number of nitrogens with zero attached hydrogens (tertiary/aromatic N) is 1. The number of carboxylic acid groups (broad SMARTS) is 1. The molecule has 6 heteroatoms. The Morgan fingerprint density at radius 3 is 2.47 bits per heavy atom. The fraction of sp³-hybridized carbons (Fsp3) is 0.333. The highest BCUT2D eigenvalue weighted by Gasteiger charge is 2.20. The summed E-state index contributed by atoms with van der Waals surface area (Å²) in [6.45, 7) is 1.02. The number of benzene rings is 2. The van der Waals surface area contributed by atoms with Gasteiger partial charge in [0.05, 0.1) is 20.0 Å². The summed E-state index contributed by atoms with van der Waals surface area (Å²) in [4.78, 5) is 22.0. The molecule has 0 fully saturated rings. The third-order valence-corrected chi connectivity index (χ3v) is 5.37. The molecule has 0 saturated heterocycles. The summed E-state index contributed by atoms with van der Waals surface area (Å²) >= 11 is 0. The number of aliphatic carboxylic acids is 1. The van der Waals surface area contributed by atoms with Gasteiger partial charge in [0.1, 0.15) is 5.75 Å². The Morgan fingerprint density at radius 1 is 1.07 bits per heavy atom. The Kier molecular flexibility index (Phi) is 7.12. The summed E-state index contributed by atoms with van der Waals surface area (Å²) in [5.41, 5.74) is 4.44. The van der Waals surface area contributed by atoms with Crippen LogP contribution in [-0.4, -0.2) is 35.7 Å². The van der Waals surface area contributed by atoms with Gasteiger partial charge in [-0.15, -0.1) is 0 Å². The number of likely N-dealkylation sites (N-methyl/N-ethyl adjacent to an activating group) is 1. The molecule has 0 saturated carbocycles. The zero-order valence-electron chi connectivity index (χ0n) is 17.5. The van der Waals surface area contributed by atoms with Crippen LogP contribution in [0.3, 0.4) is 0 Å². The Balaban J connectivity index is 0.000000178. The van der Waals surface area contributed by atoms with Crippen molar-refractivity contribution in [3.05, 3.63) is 65.4 Å². The van der Waals surface area contributed by atoms with E-state index in [1.54, 1.807) is 14.2 Å². The Labute approximate surface area is 176 Å². The van der Waals surface area contributed by atoms with Gasteiger partial charge in [0.15, 0.2) is 0 Å². The lowest BCUT2D eigenvalue weighted by Gasteiger charge is -2.16. The number of carboxylic acids is 1. The number of para-hydroxylation sites is 1. The second-order valence-corrected chi connectivity index (χ2v) is 7.32. The molecule has 0 atom stereocenters. The molecule has 0 spiro atoms. The molecular formula is C24H28N2O4. The summed E-state index contributed by atoms with van der Waals surface area (Å²) in [7, 11) is 3.25. The molecule has 1 aromatic heterocycles. The normalized spacial score (nSPS) is 12.5.